The second-order valence-electron chi connectivity index (χ2n) is 7.25. The quantitative estimate of drug-likeness (QED) is 0.616. The molecule has 0 unspecified atom stereocenters. The van der Waals surface area contributed by atoms with Gasteiger partial charge in [0.1, 0.15) is 0 Å². The van der Waals surface area contributed by atoms with Crippen molar-refractivity contribution in [2.24, 2.45) is 0 Å². The minimum Gasteiger partial charge on any atom is -0.490 e. The third-order valence-corrected chi connectivity index (χ3v) is 5.49. The van der Waals surface area contributed by atoms with E-state index in [2.05, 4.69) is 38.3 Å². The molecule has 1 fully saturated rings. The Labute approximate surface area is 185 Å². The molecule has 0 atom stereocenters. The molecule has 0 bridgehead atoms. The van der Waals surface area contributed by atoms with Crippen LogP contribution in [0, 0.1) is 0 Å². The lowest BCUT2D eigenvalue weighted by Crippen LogP contribution is -2.51. The lowest BCUT2D eigenvalue weighted by Gasteiger charge is -2.36. The van der Waals surface area contributed by atoms with Gasteiger partial charge in [0.05, 0.1) is 13.2 Å². The number of hydrogen-bond donors (Lipinski definition) is 1. The van der Waals surface area contributed by atoms with Gasteiger partial charge in [-0.3, -0.25) is 9.88 Å². The molecular weight excluding hydrogens is 396 g/mol. The zero-order valence-electron chi connectivity index (χ0n) is 18.0. The Hall–Kier alpha value is -2.38. The first-order valence-corrected chi connectivity index (χ1v) is 11.1. The van der Waals surface area contributed by atoms with Crippen molar-refractivity contribution in [3.63, 3.8) is 0 Å². The number of benzene rings is 1. The third kappa shape index (κ3) is 6.57. The van der Waals surface area contributed by atoms with Crippen molar-refractivity contribution in [1.29, 1.82) is 0 Å². The van der Waals surface area contributed by atoms with Crippen LogP contribution >= 0.6 is 12.2 Å². The molecule has 162 valence electrons. The molecule has 1 aliphatic heterocycles. The van der Waals surface area contributed by atoms with Crippen LogP contribution in [0.15, 0.2) is 42.7 Å². The van der Waals surface area contributed by atoms with E-state index in [1.807, 2.05) is 38.4 Å². The summed E-state index contributed by atoms with van der Waals surface area (Å²) in [6.07, 6.45) is 4.64. The first-order chi connectivity index (χ1) is 14.7. The Morgan fingerprint density at radius 2 is 1.80 bits per heavy atom. The van der Waals surface area contributed by atoms with Crippen LogP contribution in [-0.4, -0.2) is 65.8 Å². The Balaban J connectivity index is 1.41. The number of hydrogen-bond acceptors (Lipinski definition) is 5. The molecule has 0 aliphatic carbocycles. The average molecular weight is 429 g/mol. The van der Waals surface area contributed by atoms with Gasteiger partial charge in [-0.1, -0.05) is 12.1 Å². The summed E-state index contributed by atoms with van der Waals surface area (Å²) in [7, 11) is 0. The Bertz CT molecular complexity index is 795. The molecule has 1 saturated heterocycles. The second kappa shape index (κ2) is 11.7. The summed E-state index contributed by atoms with van der Waals surface area (Å²) in [6.45, 7) is 10.9. The SMILES string of the molecule is CCOc1ccc(CCNC(=S)N2CCN(Cc3cccnc3)CC2)cc1OCC. The van der Waals surface area contributed by atoms with Crippen LogP contribution in [0.1, 0.15) is 25.0 Å². The van der Waals surface area contributed by atoms with Crippen LogP contribution in [0.2, 0.25) is 0 Å². The molecule has 3 rings (SSSR count). The molecule has 2 heterocycles. The fourth-order valence-corrected chi connectivity index (χ4v) is 3.82. The molecule has 1 aromatic carbocycles. The van der Waals surface area contributed by atoms with E-state index < -0.39 is 0 Å². The predicted molar refractivity (Wildman–Crippen MR) is 124 cm³/mol. The number of rotatable bonds is 9. The highest BCUT2D eigenvalue weighted by Crippen LogP contribution is 2.28. The van der Waals surface area contributed by atoms with E-state index in [0.29, 0.717) is 13.2 Å². The normalized spacial score (nSPS) is 14.4. The summed E-state index contributed by atoms with van der Waals surface area (Å²) >= 11 is 5.62. The van der Waals surface area contributed by atoms with E-state index >= 15 is 0 Å². The van der Waals surface area contributed by atoms with Crippen molar-refractivity contribution in [1.82, 2.24) is 20.1 Å². The number of pyridine rings is 1. The van der Waals surface area contributed by atoms with E-state index in [1.54, 1.807) is 0 Å². The summed E-state index contributed by atoms with van der Waals surface area (Å²) < 4.78 is 11.4. The molecule has 2 aromatic rings. The first kappa shape index (κ1) is 22.3. The van der Waals surface area contributed by atoms with Crippen LogP contribution in [0.25, 0.3) is 0 Å². The van der Waals surface area contributed by atoms with E-state index in [4.69, 9.17) is 21.7 Å². The van der Waals surface area contributed by atoms with E-state index in [1.165, 1.54) is 11.1 Å². The molecule has 0 amide bonds. The van der Waals surface area contributed by atoms with Crippen molar-refractivity contribution < 1.29 is 9.47 Å². The minimum absolute atomic E-state index is 0.624. The second-order valence-corrected chi connectivity index (χ2v) is 7.64. The Kier molecular flexibility index (Phi) is 8.71. The van der Waals surface area contributed by atoms with E-state index in [-0.39, 0.29) is 0 Å². The molecule has 7 heteroatoms. The maximum Gasteiger partial charge on any atom is 0.169 e. The van der Waals surface area contributed by atoms with Crippen molar-refractivity contribution in [3.8, 4) is 11.5 Å². The summed E-state index contributed by atoms with van der Waals surface area (Å²) in [4.78, 5) is 8.91. The summed E-state index contributed by atoms with van der Waals surface area (Å²) in [5.74, 6) is 1.61. The van der Waals surface area contributed by atoms with Crippen LogP contribution in [0.5, 0.6) is 11.5 Å². The number of nitrogens with one attached hydrogen (secondary N) is 1. The van der Waals surface area contributed by atoms with Crippen LogP contribution in [0.3, 0.4) is 0 Å². The van der Waals surface area contributed by atoms with Gasteiger partial charge < -0.3 is 19.7 Å². The van der Waals surface area contributed by atoms with Gasteiger partial charge >= 0.3 is 0 Å². The maximum absolute atomic E-state index is 5.72. The van der Waals surface area contributed by atoms with Crippen molar-refractivity contribution in [3.05, 3.63) is 53.9 Å². The number of nitrogens with zero attached hydrogens (tertiary/aromatic N) is 3. The predicted octanol–water partition coefficient (Wildman–Crippen LogP) is 3.11. The van der Waals surface area contributed by atoms with Gasteiger partial charge in [-0.25, -0.2) is 0 Å². The highest BCUT2D eigenvalue weighted by Gasteiger charge is 2.18. The number of aromatic nitrogens is 1. The summed E-state index contributed by atoms with van der Waals surface area (Å²) in [5, 5.41) is 4.25. The molecule has 1 aliphatic rings. The Morgan fingerprint density at radius 1 is 1.03 bits per heavy atom. The standard InChI is InChI=1S/C23H32N4O2S/c1-3-28-21-8-7-19(16-22(21)29-4-2)9-11-25-23(30)27-14-12-26(13-15-27)18-20-6-5-10-24-17-20/h5-8,10,16-17H,3-4,9,11-15,18H2,1-2H3,(H,25,30). The first-order valence-electron chi connectivity index (χ1n) is 10.7. The maximum atomic E-state index is 5.72. The summed E-state index contributed by atoms with van der Waals surface area (Å²) in [6, 6.07) is 10.3. The van der Waals surface area contributed by atoms with Gasteiger partial charge in [0.25, 0.3) is 0 Å². The molecular formula is C23H32N4O2S. The molecule has 1 N–H and O–H groups in total. The van der Waals surface area contributed by atoms with Gasteiger partial charge in [-0.2, -0.15) is 0 Å². The molecule has 0 spiro atoms. The van der Waals surface area contributed by atoms with Crippen LogP contribution < -0.4 is 14.8 Å². The average Bonchev–Trinajstić information content (AvgIpc) is 2.77. The highest BCUT2D eigenvalue weighted by atomic mass is 32.1. The lowest BCUT2D eigenvalue weighted by atomic mass is 10.1. The smallest absolute Gasteiger partial charge is 0.169 e. The molecule has 0 radical (unpaired) electrons. The van der Waals surface area contributed by atoms with E-state index in [9.17, 15) is 0 Å². The van der Waals surface area contributed by atoms with Gasteiger partial charge in [-0.05, 0) is 61.8 Å². The van der Waals surface area contributed by atoms with Crippen molar-refractivity contribution >= 4 is 17.3 Å². The monoisotopic (exact) mass is 428 g/mol. The lowest BCUT2D eigenvalue weighted by molar-refractivity contribution is 0.174. The molecule has 0 saturated carbocycles. The van der Waals surface area contributed by atoms with Crippen LogP contribution in [-0.2, 0) is 13.0 Å². The number of piperazine rings is 1. The van der Waals surface area contributed by atoms with Crippen molar-refractivity contribution in [2.45, 2.75) is 26.8 Å². The fourth-order valence-electron chi connectivity index (χ4n) is 3.54. The highest BCUT2D eigenvalue weighted by molar-refractivity contribution is 7.80. The van der Waals surface area contributed by atoms with Gasteiger partial charge in [0, 0.05) is 51.7 Å². The number of thiocarbonyl (C=S) groups is 1. The van der Waals surface area contributed by atoms with Gasteiger partial charge in [0.15, 0.2) is 16.6 Å². The van der Waals surface area contributed by atoms with Gasteiger partial charge in [-0.15, -0.1) is 0 Å². The zero-order chi connectivity index (χ0) is 21.2. The largest absolute Gasteiger partial charge is 0.490 e. The van der Waals surface area contributed by atoms with Crippen LogP contribution in [0.4, 0.5) is 0 Å². The molecule has 30 heavy (non-hydrogen) atoms. The minimum atomic E-state index is 0.624. The molecule has 1 aromatic heterocycles. The van der Waals surface area contributed by atoms with Gasteiger partial charge in [0.2, 0.25) is 0 Å². The number of ether oxygens (including phenoxy) is 2. The summed E-state index contributed by atoms with van der Waals surface area (Å²) in [5.41, 5.74) is 2.46. The van der Waals surface area contributed by atoms with E-state index in [0.717, 1.165) is 62.3 Å². The topological polar surface area (TPSA) is 49.9 Å². The van der Waals surface area contributed by atoms with Crippen molar-refractivity contribution in [2.75, 3.05) is 45.9 Å². The molecule has 6 nitrogen and oxygen atoms in total. The third-order valence-electron chi connectivity index (χ3n) is 5.09. The zero-order valence-corrected chi connectivity index (χ0v) is 18.8. The fraction of sp³-hybridized carbons (Fsp3) is 0.478. The Morgan fingerprint density at radius 3 is 2.50 bits per heavy atom.